The van der Waals surface area contributed by atoms with Gasteiger partial charge in [-0.15, -0.1) is 0 Å². The monoisotopic (exact) mass is 646 g/mol. The van der Waals surface area contributed by atoms with Crippen LogP contribution in [0.25, 0.3) is 0 Å². The van der Waals surface area contributed by atoms with E-state index in [0.29, 0.717) is 42.4 Å². The maximum atomic E-state index is 14.4. The number of methoxy groups -OCH3 is 1. The Labute approximate surface area is 279 Å². The fourth-order valence-electron chi connectivity index (χ4n) is 5.69. The van der Waals surface area contributed by atoms with Gasteiger partial charge in [0.25, 0.3) is 5.91 Å². The van der Waals surface area contributed by atoms with Gasteiger partial charge in [0.05, 0.1) is 37.5 Å². The number of carbonyl (C=O) groups excluding carboxylic acids is 2. The van der Waals surface area contributed by atoms with Gasteiger partial charge in [0, 0.05) is 43.5 Å². The summed E-state index contributed by atoms with van der Waals surface area (Å²) in [6.45, 7) is 8.09. The number of hydrogen-bond acceptors (Lipinski definition) is 7. The number of amides is 3. The summed E-state index contributed by atoms with van der Waals surface area (Å²) in [5.74, 6) is 0.941. The minimum absolute atomic E-state index is 0.0459. The molecule has 3 amide bonds. The Bertz CT molecular complexity index is 1420. The molecule has 1 aliphatic heterocycles. The van der Waals surface area contributed by atoms with Crippen LogP contribution in [0, 0.1) is 5.92 Å². The molecule has 1 heterocycles. The summed E-state index contributed by atoms with van der Waals surface area (Å²) >= 11 is 0. The summed E-state index contributed by atoms with van der Waals surface area (Å²) < 4.78 is 18.1. The highest BCUT2D eigenvalue weighted by molar-refractivity contribution is 6.02. The molecule has 3 aromatic rings. The van der Waals surface area contributed by atoms with Crippen molar-refractivity contribution in [2.75, 3.05) is 51.1 Å². The lowest BCUT2D eigenvalue weighted by Crippen LogP contribution is -2.47. The van der Waals surface area contributed by atoms with Crippen LogP contribution < -0.4 is 20.1 Å². The van der Waals surface area contributed by atoms with Crippen LogP contribution in [0.2, 0.25) is 0 Å². The fraction of sp³-hybridized carbons (Fsp3) is 0.459. The number of ether oxygens (including phenoxy) is 3. The van der Waals surface area contributed by atoms with Crippen molar-refractivity contribution in [1.29, 1.82) is 0 Å². The van der Waals surface area contributed by atoms with E-state index < -0.39 is 12.1 Å². The number of fused-ring (bicyclic) bond motifs is 1. The minimum Gasteiger partial charge on any atom is -0.497 e. The van der Waals surface area contributed by atoms with Gasteiger partial charge in [-0.3, -0.25) is 9.69 Å². The number of hydrogen-bond donors (Lipinski definition) is 3. The number of nitrogens with one attached hydrogen (secondary N) is 2. The first kappa shape index (κ1) is 35.7. The number of carbonyl (C=O) groups is 2. The summed E-state index contributed by atoms with van der Waals surface area (Å²) in [5.41, 5.74) is 2.60. The van der Waals surface area contributed by atoms with Crippen molar-refractivity contribution >= 4 is 23.3 Å². The molecular formula is C37H50N4O6. The van der Waals surface area contributed by atoms with Crippen LogP contribution in [0.4, 0.5) is 16.2 Å². The predicted octanol–water partition coefficient (Wildman–Crippen LogP) is 6.27. The highest BCUT2D eigenvalue weighted by atomic mass is 16.5. The van der Waals surface area contributed by atoms with Crippen LogP contribution in [0.5, 0.6) is 11.5 Å². The molecule has 3 aromatic carbocycles. The van der Waals surface area contributed by atoms with E-state index in [0.717, 1.165) is 31.6 Å². The molecule has 0 aromatic heterocycles. The van der Waals surface area contributed by atoms with Crippen molar-refractivity contribution in [3.8, 4) is 11.5 Å². The SMILES string of the molecule is COc1ccc(CN(C)C[C@@H]2OCCCC[C@@H](C)Oc3ccc(NC(=O)Nc4ccccc4)cc3C(=O)N([C@@H](C)CO)C[C@H]2C)cc1. The van der Waals surface area contributed by atoms with E-state index in [-0.39, 0.29) is 30.6 Å². The zero-order valence-corrected chi connectivity index (χ0v) is 28.3. The van der Waals surface area contributed by atoms with E-state index in [9.17, 15) is 14.7 Å². The number of urea groups is 1. The summed E-state index contributed by atoms with van der Waals surface area (Å²) in [6, 6.07) is 21.4. The molecule has 0 unspecified atom stereocenters. The van der Waals surface area contributed by atoms with Crippen LogP contribution in [0.3, 0.4) is 0 Å². The second kappa shape index (κ2) is 17.7. The van der Waals surface area contributed by atoms with Gasteiger partial charge >= 0.3 is 6.03 Å². The van der Waals surface area contributed by atoms with Crippen molar-refractivity contribution in [3.63, 3.8) is 0 Å². The molecule has 47 heavy (non-hydrogen) atoms. The van der Waals surface area contributed by atoms with Crippen molar-refractivity contribution < 1.29 is 28.9 Å². The second-order valence-corrected chi connectivity index (χ2v) is 12.5. The van der Waals surface area contributed by atoms with E-state index in [1.807, 2.05) is 44.2 Å². The van der Waals surface area contributed by atoms with Gasteiger partial charge in [-0.1, -0.05) is 37.3 Å². The average molecular weight is 647 g/mol. The molecule has 10 heteroatoms. The second-order valence-electron chi connectivity index (χ2n) is 12.5. The van der Waals surface area contributed by atoms with E-state index in [1.165, 1.54) is 5.56 Å². The number of nitrogens with zero attached hydrogens (tertiary/aromatic N) is 2. The Kier molecular flexibility index (Phi) is 13.5. The number of benzene rings is 3. The Balaban J connectivity index is 1.57. The van der Waals surface area contributed by atoms with Gasteiger partial charge in [-0.05, 0) is 88.2 Å². The predicted molar refractivity (Wildman–Crippen MR) is 185 cm³/mol. The fourth-order valence-corrected chi connectivity index (χ4v) is 5.69. The van der Waals surface area contributed by atoms with Crippen LogP contribution >= 0.6 is 0 Å². The molecule has 4 rings (SSSR count). The lowest BCUT2D eigenvalue weighted by molar-refractivity contribution is -0.0177. The van der Waals surface area contributed by atoms with Crippen LogP contribution in [-0.2, 0) is 11.3 Å². The maximum Gasteiger partial charge on any atom is 0.323 e. The lowest BCUT2D eigenvalue weighted by Gasteiger charge is -2.36. The molecule has 0 saturated carbocycles. The van der Waals surface area contributed by atoms with E-state index >= 15 is 0 Å². The quantitative estimate of drug-likeness (QED) is 0.251. The number of aliphatic hydroxyl groups is 1. The first-order chi connectivity index (χ1) is 22.7. The van der Waals surface area contributed by atoms with Gasteiger partial charge in [0.1, 0.15) is 11.5 Å². The smallest absolute Gasteiger partial charge is 0.323 e. The highest BCUT2D eigenvalue weighted by Gasteiger charge is 2.30. The number of para-hydroxylation sites is 1. The first-order valence-electron chi connectivity index (χ1n) is 16.5. The molecule has 10 nitrogen and oxygen atoms in total. The average Bonchev–Trinajstić information content (AvgIpc) is 3.06. The summed E-state index contributed by atoms with van der Waals surface area (Å²) in [7, 11) is 3.73. The molecule has 254 valence electrons. The Morgan fingerprint density at radius 3 is 2.47 bits per heavy atom. The van der Waals surface area contributed by atoms with Gasteiger partial charge in [0.15, 0.2) is 0 Å². The zero-order chi connectivity index (χ0) is 33.8. The highest BCUT2D eigenvalue weighted by Crippen LogP contribution is 2.29. The van der Waals surface area contributed by atoms with Crippen LogP contribution in [0.1, 0.15) is 56.0 Å². The maximum absolute atomic E-state index is 14.4. The van der Waals surface area contributed by atoms with E-state index in [4.69, 9.17) is 14.2 Å². The number of rotatable bonds is 9. The molecule has 1 aliphatic rings. The standard InChI is InChI=1S/C37H50N4O6/c1-26-22-41(27(2)25-42)36(43)33-21-31(39-37(44)38-30-12-7-6-8-13-30)16-19-34(33)47-28(3)11-9-10-20-46-35(26)24-40(4)23-29-14-17-32(45-5)18-15-29/h6-8,12-19,21,26-28,35,42H,9-11,20,22-25H2,1-5H3,(H2,38,39,44)/t26-,27+,28-,35+/m1/s1. The van der Waals surface area contributed by atoms with Gasteiger partial charge in [0.2, 0.25) is 0 Å². The van der Waals surface area contributed by atoms with Gasteiger partial charge in [-0.25, -0.2) is 4.79 Å². The third-order valence-corrected chi connectivity index (χ3v) is 8.44. The molecule has 0 saturated heterocycles. The Morgan fingerprint density at radius 1 is 1.04 bits per heavy atom. The topological polar surface area (TPSA) is 113 Å². The molecule has 0 spiro atoms. The van der Waals surface area contributed by atoms with Gasteiger partial charge in [-0.2, -0.15) is 0 Å². The molecular weight excluding hydrogens is 596 g/mol. The van der Waals surface area contributed by atoms with Crippen molar-refractivity contribution in [3.05, 3.63) is 83.9 Å². The summed E-state index contributed by atoms with van der Waals surface area (Å²) in [6.07, 6.45) is 2.32. The molecule has 0 radical (unpaired) electrons. The lowest BCUT2D eigenvalue weighted by atomic mass is 10.0. The van der Waals surface area contributed by atoms with Gasteiger partial charge < -0.3 is 34.9 Å². The first-order valence-corrected chi connectivity index (χ1v) is 16.5. The largest absolute Gasteiger partial charge is 0.497 e. The Hall–Kier alpha value is -4.12. The van der Waals surface area contributed by atoms with Crippen LogP contribution in [0.15, 0.2) is 72.8 Å². The van der Waals surface area contributed by atoms with Crippen LogP contribution in [-0.4, -0.2) is 85.6 Å². The zero-order valence-electron chi connectivity index (χ0n) is 28.3. The minimum atomic E-state index is -0.459. The molecule has 0 bridgehead atoms. The number of aliphatic hydroxyl groups excluding tert-OH is 1. The molecule has 0 fully saturated rings. The third-order valence-electron chi connectivity index (χ3n) is 8.44. The molecule has 3 N–H and O–H groups in total. The number of likely N-dealkylation sites (N-methyl/N-ethyl adjacent to an activating group) is 1. The summed E-state index contributed by atoms with van der Waals surface area (Å²) in [4.78, 5) is 31.1. The van der Waals surface area contributed by atoms with Crippen molar-refractivity contribution in [2.24, 2.45) is 5.92 Å². The number of anilines is 2. The normalized spacial score (nSPS) is 20.0. The third kappa shape index (κ3) is 10.7. The molecule has 4 atom stereocenters. The Morgan fingerprint density at radius 2 is 1.77 bits per heavy atom. The molecule has 0 aliphatic carbocycles. The van der Waals surface area contributed by atoms with Crippen molar-refractivity contribution in [2.45, 2.75) is 64.8 Å². The van der Waals surface area contributed by atoms with Crippen molar-refractivity contribution in [1.82, 2.24) is 9.80 Å². The van der Waals surface area contributed by atoms with E-state index in [1.54, 1.807) is 42.3 Å². The summed E-state index contributed by atoms with van der Waals surface area (Å²) in [5, 5.41) is 15.9. The van der Waals surface area contributed by atoms with E-state index in [2.05, 4.69) is 41.6 Å².